The van der Waals surface area contributed by atoms with Gasteiger partial charge in [0.1, 0.15) is 0 Å². The van der Waals surface area contributed by atoms with E-state index in [1.54, 1.807) is 0 Å². The van der Waals surface area contributed by atoms with E-state index >= 15 is 0 Å². The lowest BCUT2D eigenvalue weighted by molar-refractivity contribution is 0.114. The average molecular weight is 251 g/mol. The van der Waals surface area contributed by atoms with Gasteiger partial charge in [-0.25, -0.2) is 0 Å². The van der Waals surface area contributed by atoms with Crippen molar-refractivity contribution >= 4 is 0 Å². The molecule has 1 heteroatoms. The van der Waals surface area contributed by atoms with Gasteiger partial charge in [-0.15, -0.1) is 0 Å². The van der Waals surface area contributed by atoms with E-state index in [1.807, 2.05) is 0 Å². The highest BCUT2D eigenvalue weighted by Gasteiger charge is 2.61. The molecule has 0 aliphatic heterocycles. The van der Waals surface area contributed by atoms with Crippen LogP contribution in [0.5, 0.6) is 0 Å². The van der Waals surface area contributed by atoms with E-state index in [4.69, 9.17) is 0 Å². The molecule has 0 heterocycles. The standard InChI is InChI=1S/C17H33N/c1-7-12(2)10-13(3)18-15-11-14-8-9-17(15,6)16(14,4)5/h12-15,18H,7-11H2,1-6H3. The number of fused-ring (bicyclic) bond motifs is 2. The summed E-state index contributed by atoms with van der Waals surface area (Å²) in [4.78, 5) is 0. The normalized spacial score (nSPS) is 41.0. The summed E-state index contributed by atoms with van der Waals surface area (Å²) in [7, 11) is 0. The summed E-state index contributed by atoms with van der Waals surface area (Å²) in [6.45, 7) is 14.6. The van der Waals surface area contributed by atoms with Gasteiger partial charge in [0, 0.05) is 12.1 Å². The van der Waals surface area contributed by atoms with Gasteiger partial charge in [-0.2, -0.15) is 0 Å². The van der Waals surface area contributed by atoms with Crippen LogP contribution in [0.4, 0.5) is 0 Å². The van der Waals surface area contributed by atoms with Gasteiger partial charge in [-0.1, -0.05) is 41.0 Å². The second-order valence-electron chi connectivity index (χ2n) is 7.98. The predicted octanol–water partition coefficient (Wildman–Crippen LogP) is 4.62. The SMILES string of the molecule is CCC(C)CC(C)NC1CC2CCC1(C)C2(C)C. The second-order valence-corrected chi connectivity index (χ2v) is 7.98. The van der Waals surface area contributed by atoms with Crippen molar-refractivity contribution in [3.8, 4) is 0 Å². The maximum absolute atomic E-state index is 3.97. The van der Waals surface area contributed by atoms with Crippen LogP contribution >= 0.6 is 0 Å². The molecule has 18 heavy (non-hydrogen) atoms. The summed E-state index contributed by atoms with van der Waals surface area (Å²) in [5.41, 5.74) is 1.07. The van der Waals surface area contributed by atoms with Crippen molar-refractivity contribution in [1.82, 2.24) is 5.32 Å². The Bertz CT molecular complexity index is 296. The molecule has 106 valence electrons. The van der Waals surface area contributed by atoms with E-state index in [1.165, 1.54) is 32.1 Å². The lowest BCUT2D eigenvalue weighted by atomic mass is 9.69. The maximum Gasteiger partial charge on any atom is 0.0131 e. The molecule has 2 aliphatic rings. The van der Waals surface area contributed by atoms with Crippen LogP contribution in [-0.2, 0) is 0 Å². The molecule has 0 saturated heterocycles. The molecule has 0 radical (unpaired) electrons. The van der Waals surface area contributed by atoms with Gasteiger partial charge in [0.2, 0.25) is 0 Å². The predicted molar refractivity (Wildman–Crippen MR) is 79.7 cm³/mol. The molecule has 1 N–H and O–H groups in total. The Labute approximate surface area is 114 Å². The number of hydrogen-bond donors (Lipinski definition) is 1. The molecule has 2 aliphatic carbocycles. The van der Waals surface area contributed by atoms with Crippen molar-refractivity contribution in [3.63, 3.8) is 0 Å². The van der Waals surface area contributed by atoms with Gasteiger partial charge < -0.3 is 5.32 Å². The Morgan fingerprint density at radius 2 is 1.89 bits per heavy atom. The van der Waals surface area contributed by atoms with Crippen molar-refractivity contribution in [3.05, 3.63) is 0 Å². The van der Waals surface area contributed by atoms with Crippen LogP contribution in [0.25, 0.3) is 0 Å². The first-order valence-corrected chi connectivity index (χ1v) is 8.07. The first kappa shape index (κ1) is 14.4. The molecular weight excluding hydrogens is 218 g/mol. The summed E-state index contributed by atoms with van der Waals surface area (Å²) in [6.07, 6.45) is 6.93. The van der Waals surface area contributed by atoms with E-state index in [-0.39, 0.29) is 0 Å². The van der Waals surface area contributed by atoms with Crippen LogP contribution in [0.3, 0.4) is 0 Å². The molecule has 0 amide bonds. The van der Waals surface area contributed by atoms with Gasteiger partial charge >= 0.3 is 0 Å². The van der Waals surface area contributed by atoms with Crippen LogP contribution in [0.2, 0.25) is 0 Å². The van der Waals surface area contributed by atoms with E-state index in [2.05, 4.69) is 46.9 Å². The van der Waals surface area contributed by atoms with Gasteiger partial charge in [0.05, 0.1) is 0 Å². The van der Waals surface area contributed by atoms with Crippen molar-refractivity contribution < 1.29 is 0 Å². The molecule has 5 unspecified atom stereocenters. The third-order valence-corrected chi connectivity index (χ3v) is 6.73. The molecule has 2 rings (SSSR count). The highest BCUT2D eigenvalue weighted by atomic mass is 15.0. The Hall–Kier alpha value is -0.0400. The molecule has 5 atom stereocenters. The molecule has 1 nitrogen and oxygen atoms in total. The van der Waals surface area contributed by atoms with Crippen molar-refractivity contribution in [2.75, 3.05) is 0 Å². The highest BCUT2D eigenvalue weighted by Crippen LogP contribution is 2.65. The fourth-order valence-electron chi connectivity index (χ4n) is 4.64. The smallest absolute Gasteiger partial charge is 0.0131 e. The van der Waals surface area contributed by atoms with E-state index < -0.39 is 0 Å². The largest absolute Gasteiger partial charge is 0.311 e. The zero-order valence-corrected chi connectivity index (χ0v) is 13.3. The van der Waals surface area contributed by atoms with Gasteiger partial charge in [0.15, 0.2) is 0 Å². The minimum Gasteiger partial charge on any atom is -0.311 e. The molecule has 2 saturated carbocycles. The Morgan fingerprint density at radius 3 is 2.33 bits per heavy atom. The molecule has 0 spiro atoms. The average Bonchev–Trinajstić information content (AvgIpc) is 2.61. The molecule has 2 bridgehead atoms. The Kier molecular flexibility index (Phi) is 3.84. The van der Waals surface area contributed by atoms with Crippen LogP contribution in [-0.4, -0.2) is 12.1 Å². The zero-order chi connectivity index (χ0) is 13.6. The number of hydrogen-bond acceptors (Lipinski definition) is 1. The topological polar surface area (TPSA) is 12.0 Å². The van der Waals surface area contributed by atoms with Crippen LogP contribution in [0.1, 0.15) is 73.6 Å². The van der Waals surface area contributed by atoms with Crippen LogP contribution < -0.4 is 5.32 Å². The van der Waals surface area contributed by atoms with Gasteiger partial charge in [-0.05, 0) is 55.3 Å². The van der Waals surface area contributed by atoms with Crippen molar-refractivity contribution in [2.24, 2.45) is 22.7 Å². The van der Waals surface area contributed by atoms with Gasteiger partial charge in [-0.3, -0.25) is 0 Å². The van der Waals surface area contributed by atoms with E-state index in [0.717, 1.165) is 17.9 Å². The Balaban J connectivity index is 1.96. The first-order chi connectivity index (χ1) is 8.31. The maximum atomic E-state index is 3.97. The van der Waals surface area contributed by atoms with Gasteiger partial charge in [0.25, 0.3) is 0 Å². The second kappa shape index (κ2) is 4.81. The number of rotatable bonds is 5. The molecule has 0 aromatic rings. The fourth-order valence-corrected chi connectivity index (χ4v) is 4.64. The molecule has 0 aromatic carbocycles. The fraction of sp³-hybridized carbons (Fsp3) is 1.00. The third kappa shape index (κ3) is 2.13. The summed E-state index contributed by atoms with van der Waals surface area (Å²) in [5.74, 6) is 1.81. The summed E-state index contributed by atoms with van der Waals surface area (Å²) < 4.78 is 0. The molecular formula is C17H33N. The van der Waals surface area contributed by atoms with E-state index in [0.29, 0.717) is 16.9 Å². The van der Waals surface area contributed by atoms with Crippen LogP contribution in [0, 0.1) is 22.7 Å². The molecule has 0 aromatic heterocycles. The number of nitrogens with one attached hydrogen (secondary N) is 1. The minimum absolute atomic E-state index is 0.529. The quantitative estimate of drug-likeness (QED) is 0.752. The summed E-state index contributed by atoms with van der Waals surface area (Å²) in [6, 6.07) is 1.43. The lowest BCUT2D eigenvalue weighted by Crippen LogP contribution is -2.48. The summed E-state index contributed by atoms with van der Waals surface area (Å²) >= 11 is 0. The van der Waals surface area contributed by atoms with Crippen LogP contribution in [0.15, 0.2) is 0 Å². The third-order valence-electron chi connectivity index (χ3n) is 6.73. The van der Waals surface area contributed by atoms with E-state index in [9.17, 15) is 0 Å². The van der Waals surface area contributed by atoms with Crippen molar-refractivity contribution in [1.29, 1.82) is 0 Å². The first-order valence-electron chi connectivity index (χ1n) is 8.07. The summed E-state index contributed by atoms with van der Waals surface area (Å²) in [5, 5.41) is 3.97. The van der Waals surface area contributed by atoms with Crippen molar-refractivity contribution in [2.45, 2.75) is 85.7 Å². The monoisotopic (exact) mass is 251 g/mol. The minimum atomic E-state index is 0.529. The lowest BCUT2D eigenvalue weighted by Gasteiger charge is -2.41. The Morgan fingerprint density at radius 1 is 1.22 bits per heavy atom. The molecule has 2 fully saturated rings. The zero-order valence-electron chi connectivity index (χ0n) is 13.3. The highest BCUT2D eigenvalue weighted by molar-refractivity contribution is 5.13.